The summed E-state index contributed by atoms with van der Waals surface area (Å²) in [4.78, 5) is 26.5. The monoisotopic (exact) mass is 403 g/mol. The van der Waals surface area contributed by atoms with E-state index in [2.05, 4.69) is 4.90 Å². The predicted molar refractivity (Wildman–Crippen MR) is 104 cm³/mol. The van der Waals surface area contributed by atoms with Gasteiger partial charge in [-0.2, -0.15) is 0 Å². The first-order valence-electron chi connectivity index (χ1n) is 9.38. The summed E-state index contributed by atoms with van der Waals surface area (Å²) < 4.78 is 21.3. The third-order valence-electron chi connectivity index (χ3n) is 4.92. The van der Waals surface area contributed by atoms with Crippen LogP contribution in [0, 0.1) is 0 Å². The number of methoxy groups -OCH3 is 2. The van der Waals surface area contributed by atoms with E-state index in [-0.39, 0.29) is 12.2 Å². The third kappa shape index (κ3) is 5.16. The first-order chi connectivity index (χ1) is 14.0. The molecular formula is C21H25NO7. The molecule has 0 radical (unpaired) electrons. The van der Waals surface area contributed by atoms with Crippen molar-refractivity contribution in [3.05, 3.63) is 57.6 Å². The molecule has 0 saturated carbocycles. The molecule has 1 fully saturated rings. The number of benzene rings is 1. The van der Waals surface area contributed by atoms with Crippen LogP contribution in [-0.4, -0.2) is 56.5 Å². The smallest absolute Gasteiger partial charge is 0.306 e. The number of ether oxygens (including phenoxy) is 3. The van der Waals surface area contributed by atoms with Crippen molar-refractivity contribution in [2.24, 2.45) is 0 Å². The van der Waals surface area contributed by atoms with Crippen LogP contribution in [0.3, 0.4) is 0 Å². The molecule has 156 valence electrons. The molecule has 1 atom stereocenters. The van der Waals surface area contributed by atoms with Crippen molar-refractivity contribution in [3.8, 4) is 11.5 Å². The highest BCUT2D eigenvalue weighted by molar-refractivity contribution is 5.71. The van der Waals surface area contributed by atoms with Gasteiger partial charge in [-0.25, -0.2) is 0 Å². The number of morpholine rings is 1. The summed E-state index contributed by atoms with van der Waals surface area (Å²) in [6, 6.07) is 8.30. The Bertz CT molecular complexity index is 885. The molecule has 1 aromatic heterocycles. The molecule has 29 heavy (non-hydrogen) atoms. The number of carbonyl (C=O) groups is 1. The molecule has 0 bridgehead atoms. The van der Waals surface area contributed by atoms with Gasteiger partial charge in [-0.1, -0.05) is 12.1 Å². The van der Waals surface area contributed by atoms with E-state index in [4.69, 9.17) is 18.6 Å². The largest absolute Gasteiger partial charge is 0.502 e. The minimum absolute atomic E-state index is 0.0522. The van der Waals surface area contributed by atoms with Crippen molar-refractivity contribution < 1.29 is 28.5 Å². The Hall–Kier alpha value is -2.84. The minimum Gasteiger partial charge on any atom is -0.502 e. The summed E-state index contributed by atoms with van der Waals surface area (Å²) in [5.41, 5.74) is 0.149. The van der Waals surface area contributed by atoms with Gasteiger partial charge in [0.2, 0.25) is 11.2 Å². The second-order valence-electron chi connectivity index (χ2n) is 6.78. The van der Waals surface area contributed by atoms with Crippen LogP contribution in [0.15, 0.2) is 39.5 Å². The Kier molecular flexibility index (Phi) is 6.90. The van der Waals surface area contributed by atoms with E-state index in [1.807, 2.05) is 0 Å². The summed E-state index contributed by atoms with van der Waals surface area (Å²) in [5, 5.41) is 10.4. The normalized spacial score (nSPS) is 15.7. The average molecular weight is 403 g/mol. The fraction of sp³-hybridized carbons (Fsp3) is 0.429. The van der Waals surface area contributed by atoms with Gasteiger partial charge in [0.15, 0.2) is 5.76 Å². The highest BCUT2D eigenvalue weighted by atomic mass is 16.5. The standard InChI is InChI=1S/C21H25NO7/c1-26-15-5-3-14(4-6-15)17(12-19(24)27-2)21-20(25)18(23)11-16(29-21)13-22-7-9-28-10-8-22/h3-6,11,17,25H,7-10,12-13H2,1-2H3/t17-/m0/s1. The Balaban J connectivity index is 1.98. The van der Waals surface area contributed by atoms with Gasteiger partial charge in [-0.05, 0) is 17.7 Å². The van der Waals surface area contributed by atoms with Crippen LogP contribution < -0.4 is 10.2 Å². The van der Waals surface area contributed by atoms with Gasteiger partial charge in [-0.3, -0.25) is 14.5 Å². The quantitative estimate of drug-likeness (QED) is 0.700. The summed E-state index contributed by atoms with van der Waals surface area (Å²) in [6.07, 6.45) is -0.0830. The fourth-order valence-corrected chi connectivity index (χ4v) is 3.30. The molecule has 2 aromatic rings. The SMILES string of the molecule is COC(=O)C[C@@H](c1ccc(OC)cc1)c1oc(CN2CCOCC2)cc(=O)c1O. The number of carbonyl (C=O) groups excluding carboxylic acids is 1. The van der Waals surface area contributed by atoms with E-state index in [0.29, 0.717) is 36.8 Å². The van der Waals surface area contributed by atoms with Gasteiger partial charge >= 0.3 is 5.97 Å². The van der Waals surface area contributed by atoms with Gasteiger partial charge < -0.3 is 23.7 Å². The van der Waals surface area contributed by atoms with E-state index < -0.39 is 23.1 Å². The van der Waals surface area contributed by atoms with Gasteiger partial charge in [-0.15, -0.1) is 0 Å². The maximum atomic E-state index is 12.4. The van der Waals surface area contributed by atoms with Crippen LogP contribution >= 0.6 is 0 Å². The number of aromatic hydroxyl groups is 1. The second kappa shape index (κ2) is 9.58. The van der Waals surface area contributed by atoms with Crippen LogP contribution in [0.4, 0.5) is 0 Å². The lowest BCUT2D eigenvalue weighted by atomic mass is 9.92. The maximum absolute atomic E-state index is 12.4. The number of esters is 1. The first kappa shape index (κ1) is 20.9. The van der Waals surface area contributed by atoms with Crippen LogP contribution in [-0.2, 0) is 20.8 Å². The van der Waals surface area contributed by atoms with Crippen LogP contribution in [0.1, 0.15) is 29.4 Å². The summed E-state index contributed by atoms with van der Waals surface area (Å²) in [7, 11) is 2.85. The maximum Gasteiger partial charge on any atom is 0.306 e. The Morgan fingerprint density at radius 1 is 1.21 bits per heavy atom. The van der Waals surface area contributed by atoms with Gasteiger partial charge in [0.1, 0.15) is 11.5 Å². The zero-order chi connectivity index (χ0) is 20.8. The van der Waals surface area contributed by atoms with Crippen molar-refractivity contribution >= 4 is 5.97 Å². The van der Waals surface area contributed by atoms with Gasteiger partial charge in [0.05, 0.1) is 46.3 Å². The van der Waals surface area contributed by atoms with Gasteiger partial charge in [0, 0.05) is 19.2 Å². The van der Waals surface area contributed by atoms with E-state index in [9.17, 15) is 14.7 Å². The molecule has 0 spiro atoms. The highest BCUT2D eigenvalue weighted by Crippen LogP contribution is 2.34. The lowest BCUT2D eigenvalue weighted by Gasteiger charge is -2.26. The number of rotatable bonds is 7. The zero-order valence-electron chi connectivity index (χ0n) is 16.6. The van der Waals surface area contributed by atoms with Crippen molar-refractivity contribution in [3.63, 3.8) is 0 Å². The summed E-state index contributed by atoms with van der Waals surface area (Å²) in [6.45, 7) is 3.10. The molecule has 3 rings (SSSR count). The molecule has 1 aliphatic heterocycles. The van der Waals surface area contributed by atoms with Crippen molar-refractivity contribution in [2.45, 2.75) is 18.9 Å². The summed E-state index contributed by atoms with van der Waals surface area (Å²) >= 11 is 0. The van der Waals surface area contributed by atoms with E-state index >= 15 is 0 Å². The van der Waals surface area contributed by atoms with E-state index in [1.54, 1.807) is 31.4 Å². The Morgan fingerprint density at radius 3 is 2.52 bits per heavy atom. The fourth-order valence-electron chi connectivity index (χ4n) is 3.30. The molecule has 1 aromatic carbocycles. The van der Waals surface area contributed by atoms with Crippen LogP contribution in [0.2, 0.25) is 0 Å². The molecule has 0 aliphatic carbocycles. The lowest BCUT2D eigenvalue weighted by molar-refractivity contribution is -0.140. The van der Waals surface area contributed by atoms with E-state index in [0.717, 1.165) is 13.1 Å². The van der Waals surface area contributed by atoms with Crippen molar-refractivity contribution in [2.75, 3.05) is 40.5 Å². The molecule has 1 N–H and O–H groups in total. The first-order valence-corrected chi connectivity index (χ1v) is 9.38. The summed E-state index contributed by atoms with van der Waals surface area (Å²) in [5.74, 6) is -0.528. The Morgan fingerprint density at radius 2 is 1.90 bits per heavy atom. The lowest BCUT2D eigenvalue weighted by Crippen LogP contribution is -2.35. The number of hydrogen-bond donors (Lipinski definition) is 1. The molecule has 8 heteroatoms. The molecule has 0 amide bonds. The van der Waals surface area contributed by atoms with Crippen LogP contribution in [0.5, 0.6) is 11.5 Å². The highest BCUT2D eigenvalue weighted by Gasteiger charge is 2.27. The number of hydrogen-bond acceptors (Lipinski definition) is 8. The van der Waals surface area contributed by atoms with Crippen molar-refractivity contribution in [1.29, 1.82) is 0 Å². The minimum atomic E-state index is -0.675. The molecule has 1 aliphatic rings. The zero-order valence-corrected chi connectivity index (χ0v) is 16.6. The molecule has 1 saturated heterocycles. The molecule has 8 nitrogen and oxygen atoms in total. The Labute approximate surface area is 168 Å². The topological polar surface area (TPSA) is 98.4 Å². The number of nitrogens with zero attached hydrogens (tertiary/aromatic N) is 1. The molecular weight excluding hydrogens is 378 g/mol. The molecule has 0 unspecified atom stereocenters. The van der Waals surface area contributed by atoms with Crippen molar-refractivity contribution in [1.82, 2.24) is 4.90 Å². The second-order valence-corrected chi connectivity index (χ2v) is 6.78. The predicted octanol–water partition coefficient (Wildman–Crippen LogP) is 1.88. The van der Waals surface area contributed by atoms with Crippen LogP contribution in [0.25, 0.3) is 0 Å². The third-order valence-corrected chi connectivity index (χ3v) is 4.92. The molecule has 2 heterocycles. The van der Waals surface area contributed by atoms with E-state index in [1.165, 1.54) is 13.2 Å². The average Bonchev–Trinajstić information content (AvgIpc) is 2.75. The van der Waals surface area contributed by atoms with Gasteiger partial charge in [0.25, 0.3) is 0 Å².